The molecule has 1 unspecified atom stereocenters. The quantitative estimate of drug-likeness (QED) is 0.591. The van der Waals surface area contributed by atoms with Crippen LogP contribution in [0.2, 0.25) is 0 Å². The minimum Gasteiger partial charge on any atom is -0.360 e. The number of hydrogen-bond acceptors (Lipinski definition) is 3. The van der Waals surface area contributed by atoms with Crippen LogP contribution in [-0.2, 0) is 9.53 Å². The molecule has 2 rings (SSSR count). The van der Waals surface area contributed by atoms with Crippen molar-refractivity contribution in [2.75, 3.05) is 6.54 Å². The van der Waals surface area contributed by atoms with Crippen LogP contribution in [0.1, 0.15) is 64.0 Å². The molecule has 0 spiro atoms. The van der Waals surface area contributed by atoms with E-state index in [0.717, 1.165) is 22.9 Å². The molecule has 0 saturated heterocycles. The maximum absolute atomic E-state index is 12.5. The zero-order valence-electron chi connectivity index (χ0n) is 15.7. The molecule has 1 aliphatic carbocycles. The second-order valence-corrected chi connectivity index (χ2v) is 8.42. The van der Waals surface area contributed by atoms with Crippen molar-refractivity contribution in [3.8, 4) is 6.07 Å². The lowest BCUT2D eigenvalue weighted by molar-refractivity contribution is -0.141. The summed E-state index contributed by atoms with van der Waals surface area (Å²) in [6, 6.07) is 10.2. The molecule has 1 fully saturated rings. The Morgan fingerprint density at radius 2 is 1.92 bits per heavy atom. The summed E-state index contributed by atoms with van der Waals surface area (Å²) < 4.78 is 7.49. The van der Waals surface area contributed by atoms with Gasteiger partial charge in [0.25, 0.3) is 0 Å². The van der Waals surface area contributed by atoms with Crippen LogP contribution in [-0.4, -0.2) is 18.6 Å². The van der Waals surface area contributed by atoms with Crippen LogP contribution in [0.3, 0.4) is 0 Å². The van der Waals surface area contributed by atoms with Crippen LogP contribution in [0.15, 0.2) is 28.7 Å². The Kier molecular flexibility index (Phi) is 8.61. The van der Waals surface area contributed by atoms with Gasteiger partial charge in [0, 0.05) is 4.47 Å². The summed E-state index contributed by atoms with van der Waals surface area (Å²) in [5, 5.41) is 11.4. The highest BCUT2D eigenvalue weighted by Crippen LogP contribution is 2.38. The van der Waals surface area contributed by atoms with E-state index in [9.17, 15) is 4.79 Å². The Bertz CT molecular complexity index is 603. The molecule has 0 radical (unpaired) electrons. The summed E-state index contributed by atoms with van der Waals surface area (Å²) in [4.78, 5) is 12.5. The van der Waals surface area contributed by atoms with E-state index in [0.29, 0.717) is 18.3 Å². The van der Waals surface area contributed by atoms with E-state index >= 15 is 0 Å². The van der Waals surface area contributed by atoms with Crippen molar-refractivity contribution in [3.63, 3.8) is 0 Å². The molecule has 0 aromatic heterocycles. The zero-order valence-corrected chi connectivity index (χ0v) is 17.3. The van der Waals surface area contributed by atoms with Crippen LogP contribution in [0, 0.1) is 23.2 Å². The van der Waals surface area contributed by atoms with Gasteiger partial charge in [-0.05, 0) is 48.8 Å². The number of halogens is 1. The Morgan fingerprint density at radius 3 is 2.50 bits per heavy atom. The van der Waals surface area contributed by atoms with Crippen LogP contribution >= 0.6 is 15.9 Å². The monoisotopic (exact) mass is 420 g/mol. The van der Waals surface area contributed by atoms with Crippen molar-refractivity contribution in [1.29, 1.82) is 5.26 Å². The van der Waals surface area contributed by atoms with Gasteiger partial charge in [0.1, 0.15) is 12.6 Å². The number of carbonyl (C=O) groups is 1. The molecule has 0 bridgehead atoms. The Morgan fingerprint density at radius 1 is 1.27 bits per heavy atom. The van der Waals surface area contributed by atoms with Gasteiger partial charge in [-0.15, -0.1) is 0 Å². The summed E-state index contributed by atoms with van der Waals surface area (Å²) in [6.07, 6.45) is 6.02. The van der Waals surface area contributed by atoms with Gasteiger partial charge in [0.2, 0.25) is 5.91 Å². The van der Waals surface area contributed by atoms with Gasteiger partial charge in [0.05, 0.1) is 12.2 Å². The predicted molar refractivity (Wildman–Crippen MR) is 106 cm³/mol. The van der Waals surface area contributed by atoms with Gasteiger partial charge in [0.15, 0.2) is 0 Å². The highest BCUT2D eigenvalue weighted by molar-refractivity contribution is 9.10. The molecule has 5 heteroatoms. The molecule has 2 atom stereocenters. The maximum Gasteiger partial charge on any atom is 0.249 e. The van der Waals surface area contributed by atoms with Crippen molar-refractivity contribution in [3.05, 3.63) is 34.3 Å². The smallest absolute Gasteiger partial charge is 0.249 e. The average Bonchev–Trinajstić information content (AvgIpc) is 2.64. The van der Waals surface area contributed by atoms with E-state index in [4.69, 9.17) is 10.00 Å². The second-order valence-electron chi connectivity index (χ2n) is 7.50. The number of ether oxygens (including phenoxy) is 1. The van der Waals surface area contributed by atoms with Crippen molar-refractivity contribution in [2.45, 2.75) is 64.6 Å². The zero-order chi connectivity index (χ0) is 18.9. The van der Waals surface area contributed by atoms with Gasteiger partial charge >= 0.3 is 0 Å². The fourth-order valence-electron chi connectivity index (χ4n) is 3.62. The standard InChI is InChI=1S/C21H29BrN2O2/c1-15(2)14-19(21(25)24-13-12-23)26-20(16-6-4-3-5-7-16)17-8-10-18(22)11-9-17/h8-11,15-16,19-20H,3-7,13-14H2,1-2H3,(H,24,25)/t19-,20?/m0/s1. The molecule has 1 aromatic rings. The van der Waals surface area contributed by atoms with Crippen molar-refractivity contribution in [2.24, 2.45) is 11.8 Å². The number of benzene rings is 1. The summed E-state index contributed by atoms with van der Waals surface area (Å²) in [5.74, 6) is 0.589. The van der Waals surface area contributed by atoms with E-state index in [1.807, 2.05) is 18.2 Å². The van der Waals surface area contributed by atoms with E-state index in [1.165, 1.54) is 19.3 Å². The average molecular weight is 421 g/mol. The summed E-state index contributed by atoms with van der Waals surface area (Å²) in [6.45, 7) is 4.19. The normalized spacial score (nSPS) is 17.5. The summed E-state index contributed by atoms with van der Waals surface area (Å²) in [7, 11) is 0. The first kappa shape index (κ1) is 20.9. The predicted octanol–water partition coefficient (Wildman–Crippen LogP) is 5.14. The van der Waals surface area contributed by atoms with Crippen LogP contribution in [0.25, 0.3) is 0 Å². The fraction of sp³-hybridized carbons (Fsp3) is 0.619. The Balaban J connectivity index is 2.21. The number of nitrogens with zero attached hydrogens (tertiary/aromatic N) is 1. The maximum atomic E-state index is 12.5. The van der Waals surface area contributed by atoms with Crippen molar-refractivity contribution < 1.29 is 9.53 Å². The van der Waals surface area contributed by atoms with Gasteiger partial charge in [-0.2, -0.15) is 5.26 Å². The van der Waals surface area contributed by atoms with Crippen LogP contribution < -0.4 is 5.32 Å². The van der Waals surface area contributed by atoms with Gasteiger partial charge in [-0.1, -0.05) is 61.2 Å². The number of amides is 1. The lowest BCUT2D eigenvalue weighted by atomic mass is 9.82. The van der Waals surface area contributed by atoms with E-state index < -0.39 is 6.10 Å². The topological polar surface area (TPSA) is 62.1 Å². The SMILES string of the molecule is CC(C)C[C@H](OC(c1ccc(Br)cc1)C1CCCCC1)C(=O)NCC#N. The molecule has 1 aromatic carbocycles. The Hall–Kier alpha value is -1.38. The largest absolute Gasteiger partial charge is 0.360 e. The molecular formula is C21H29BrN2O2. The molecule has 4 nitrogen and oxygen atoms in total. The van der Waals surface area contributed by atoms with Gasteiger partial charge < -0.3 is 10.1 Å². The molecule has 0 heterocycles. The molecule has 1 amide bonds. The first-order chi connectivity index (χ1) is 12.5. The fourth-order valence-corrected chi connectivity index (χ4v) is 3.89. The third-order valence-electron chi connectivity index (χ3n) is 4.91. The molecular weight excluding hydrogens is 392 g/mol. The third-order valence-corrected chi connectivity index (χ3v) is 5.44. The first-order valence-corrected chi connectivity index (χ1v) is 10.4. The first-order valence-electron chi connectivity index (χ1n) is 9.56. The van der Waals surface area contributed by atoms with E-state index in [2.05, 4.69) is 47.2 Å². The molecule has 26 heavy (non-hydrogen) atoms. The van der Waals surface area contributed by atoms with Gasteiger partial charge in [-0.3, -0.25) is 4.79 Å². The molecule has 1 aliphatic rings. The number of hydrogen-bond donors (Lipinski definition) is 1. The number of nitrogens with one attached hydrogen (secondary N) is 1. The summed E-state index contributed by atoms with van der Waals surface area (Å²) in [5.41, 5.74) is 1.13. The van der Waals surface area contributed by atoms with Crippen LogP contribution in [0.5, 0.6) is 0 Å². The van der Waals surface area contributed by atoms with Crippen LogP contribution in [0.4, 0.5) is 0 Å². The second kappa shape index (κ2) is 10.7. The molecule has 142 valence electrons. The molecule has 1 saturated carbocycles. The van der Waals surface area contributed by atoms with E-state index in [1.54, 1.807) is 0 Å². The molecule has 0 aliphatic heterocycles. The highest BCUT2D eigenvalue weighted by Gasteiger charge is 2.31. The molecule has 1 N–H and O–H groups in total. The lowest BCUT2D eigenvalue weighted by Gasteiger charge is -2.33. The number of carbonyl (C=O) groups excluding carboxylic acids is 1. The van der Waals surface area contributed by atoms with E-state index in [-0.39, 0.29) is 18.6 Å². The lowest BCUT2D eigenvalue weighted by Crippen LogP contribution is -2.39. The van der Waals surface area contributed by atoms with Crippen molar-refractivity contribution in [1.82, 2.24) is 5.32 Å². The summed E-state index contributed by atoms with van der Waals surface area (Å²) >= 11 is 3.49. The third kappa shape index (κ3) is 6.41. The van der Waals surface area contributed by atoms with Gasteiger partial charge in [-0.25, -0.2) is 0 Å². The number of nitriles is 1. The minimum atomic E-state index is -0.529. The van der Waals surface area contributed by atoms with Crippen molar-refractivity contribution >= 4 is 21.8 Å². The highest BCUT2D eigenvalue weighted by atomic mass is 79.9. The number of rotatable bonds is 8. The minimum absolute atomic E-state index is 0.0170. The Labute approximate surface area is 165 Å².